The van der Waals surface area contributed by atoms with Gasteiger partial charge in [0.1, 0.15) is 0 Å². The number of nitrogens with zero attached hydrogens (tertiary/aromatic N) is 1. The van der Waals surface area contributed by atoms with Crippen LogP contribution in [0.5, 0.6) is 0 Å². The highest BCUT2D eigenvalue weighted by Gasteiger charge is 2.13. The summed E-state index contributed by atoms with van der Waals surface area (Å²) in [4.78, 5) is 4.69. The van der Waals surface area contributed by atoms with Crippen molar-refractivity contribution in [2.24, 2.45) is 0 Å². The smallest absolute Gasteiger partial charge is 0.0915 e. The van der Waals surface area contributed by atoms with E-state index in [2.05, 4.69) is 26.1 Å². The topological polar surface area (TPSA) is 24.9 Å². The zero-order valence-electron chi connectivity index (χ0n) is 10.7. The molecule has 0 aliphatic heterocycles. The first-order valence-corrected chi connectivity index (χ1v) is 6.24. The first kappa shape index (κ1) is 12.2. The Morgan fingerprint density at radius 3 is 2.59 bits per heavy atom. The molecule has 1 aromatic heterocycles. The summed E-state index contributed by atoms with van der Waals surface area (Å²) in [5.74, 6) is 0. The molecule has 0 fully saturated rings. The molecule has 0 spiro atoms. The Morgan fingerprint density at radius 2 is 2.00 bits per heavy atom. The third-order valence-corrected chi connectivity index (χ3v) is 3.53. The molecule has 17 heavy (non-hydrogen) atoms. The van der Waals surface area contributed by atoms with Crippen molar-refractivity contribution < 1.29 is 0 Å². The molecular formula is C14H17ClN2. The molecule has 90 valence electrons. The number of aromatic nitrogens is 1. The number of halogens is 1. The Balaban J connectivity index is 2.97. The number of hydrogen-bond acceptors (Lipinski definition) is 2. The molecule has 0 bridgehead atoms. The third kappa shape index (κ3) is 1.87. The van der Waals surface area contributed by atoms with Gasteiger partial charge in [-0.3, -0.25) is 4.98 Å². The van der Waals surface area contributed by atoms with Crippen LogP contribution in [0.25, 0.3) is 10.9 Å². The molecule has 0 atom stereocenters. The van der Waals surface area contributed by atoms with Crippen LogP contribution in [0.15, 0.2) is 12.1 Å². The van der Waals surface area contributed by atoms with Crippen LogP contribution >= 0.6 is 11.6 Å². The van der Waals surface area contributed by atoms with Crippen molar-refractivity contribution in [3.63, 3.8) is 0 Å². The van der Waals surface area contributed by atoms with Gasteiger partial charge in [0.15, 0.2) is 0 Å². The average Bonchev–Trinajstić information content (AvgIpc) is 2.33. The summed E-state index contributed by atoms with van der Waals surface area (Å²) in [5.41, 5.74) is 5.57. The number of hydrogen-bond donors (Lipinski definition) is 1. The Kier molecular flexibility index (Phi) is 3.25. The van der Waals surface area contributed by atoms with Gasteiger partial charge in [0.05, 0.1) is 10.5 Å². The number of nitrogens with one attached hydrogen (secondary N) is 1. The predicted molar refractivity (Wildman–Crippen MR) is 75.2 cm³/mol. The van der Waals surface area contributed by atoms with Crippen molar-refractivity contribution >= 4 is 28.2 Å². The monoisotopic (exact) mass is 248 g/mol. The van der Waals surface area contributed by atoms with Crippen LogP contribution < -0.4 is 5.32 Å². The van der Waals surface area contributed by atoms with Gasteiger partial charge in [-0.05, 0) is 37.5 Å². The number of fused-ring (bicyclic) bond motifs is 1. The van der Waals surface area contributed by atoms with Crippen molar-refractivity contribution in [3.05, 3.63) is 34.0 Å². The lowest BCUT2D eigenvalue weighted by atomic mass is 10.0. The lowest BCUT2D eigenvalue weighted by Gasteiger charge is -2.15. The number of pyridine rings is 1. The quantitative estimate of drug-likeness (QED) is 0.865. The Bertz CT molecular complexity index is 576. The summed E-state index contributed by atoms with van der Waals surface area (Å²) >= 11 is 6.25. The van der Waals surface area contributed by atoms with Crippen molar-refractivity contribution in [3.8, 4) is 0 Å². The van der Waals surface area contributed by atoms with E-state index in [1.54, 1.807) is 0 Å². The molecule has 1 heterocycles. The van der Waals surface area contributed by atoms with Crippen LogP contribution in [0.3, 0.4) is 0 Å². The Hall–Kier alpha value is -1.28. The van der Waals surface area contributed by atoms with Gasteiger partial charge in [0, 0.05) is 23.8 Å². The second-order valence-electron chi connectivity index (χ2n) is 4.25. The zero-order valence-corrected chi connectivity index (χ0v) is 11.4. The van der Waals surface area contributed by atoms with Gasteiger partial charge in [0.25, 0.3) is 0 Å². The molecule has 0 radical (unpaired) electrons. The highest BCUT2D eigenvalue weighted by molar-refractivity contribution is 6.35. The molecule has 2 nitrogen and oxygen atoms in total. The highest BCUT2D eigenvalue weighted by atomic mass is 35.5. The van der Waals surface area contributed by atoms with E-state index in [9.17, 15) is 0 Å². The van der Waals surface area contributed by atoms with Crippen molar-refractivity contribution in [1.29, 1.82) is 0 Å². The fourth-order valence-corrected chi connectivity index (χ4v) is 2.50. The lowest BCUT2D eigenvalue weighted by molar-refractivity contribution is 1.03. The second kappa shape index (κ2) is 4.53. The third-order valence-electron chi connectivity index (χ3n) is 3.23. The molecule has 0 aliphatic rings. The molecule has 1 aromatic carbocycles. The molecular weight excluding hydrogens is 232 g/mol. The van der Waals surface area contributed by atoms with Gasteiger partial charge >= 0.3 is 0 Å². The fourth-order valence-electron chi connectivity index (χ4n) is 2.30. The van der Waals surface area contributed by atoms with E-state index >= 15 is 0 Å². The number of anilines is 1. The van der Waals surface area contributed by atoms with E-state index in [0.717, 1.165) is 33.7 Å². The SMILES string of the molecule is CCc1nc2c(Cl)ccc(C)c2c(NC)c1C. The maximum atomic E-state index is 6.25. The molecule has 2 rings (SSSR count). The van der Waals surface area contributed by atoms with Gasteiger partial charge in [0.2, 0.25) is 0 Å². The van der Waals surface area contributed by atoms with Gasteiger partial charge in [-0.15, -0.1) is 0 Å². The molecule has 2 aromatic rings. The van der Waals surface area contributed by atoms with E-state index in [1.807, 2.05) is 19.2 Å². The normalized spacial score (nSPS) is 10.9. The largest absolute Gasteiger partial charge is 0.387 e. The van der Waals surface area contributed by atoms with Gasteiger partial charge in [-0.2, -0.15) is 0 Å². The maximum Gasteiger partial charge on any atom is 0.0915 e. The van der Waals surface area contributed by atoms with Crippen LogP contribution in [-0.2, 0) is 6.42 Å². The van der Waals surface area contributed by atoms with Crippen LogP contribution in [0, 0.1) is 13.8 Å². The molecule has 0 aliphatic carbocycles. The average molecular weight is 249 g/mol. The van der Waals surface area contributed by atoms with Crippen LogP contribution in [0.4, 0.5) is 5.69 Å². The number of rotatable bonds is 2. The lowest BCUT2D eigenvalue weighted by Crippen LogP contribution is -2.02. The summed E-state index contributed by atoms with van der Waals surface area (Å²) in [6.45, 7) is 6.31. The van der Waals surface area contributed by atoms with Crippen LogP contribution in [-0.4, -0.2) is 12.0 Å². The molecule has 0 saturated carbocycles. The number of benzene rings is 1. The Labute approximate surface area is 107 Å². The standard InChI is InChI=1S/C14H17ClN2/c1-5-11-9(3)13(16-4)12-8(2)6-7-10(15)14(12)17-11/h6-7H,5H2,1-4H3,(H,16,17). The molecule has 1 N–H and O–H groups in total. The van der Waals surface area contributed by atoms with E-state index in [-0.39, 0.29) is 0 Å². The van der Waals surface area contributed by atoms with E-state index in [4.69, 9.17) is 16.6 Å². The minimum atomic E-state index is 0.719. The first-order chi connectivity index (χ1) is 8.10. The Morgan fingerprint density at radius 1 is 1.29 bits per heavy atom. The van der Waals surface area contributed by atoms with Crippen molar-refractivity contribution in [1.82, 2.24) is 4.98 Å². The van der Waals surface area contributed by atoms with E-state index in [0.29, 0.717) is 0 Å². The van der Waals surface area contributed by atoms with Crippen LogP contribution in [0.2, 0.25) is 5.02 Å². The zero-order chi connectivity index (χ0) is 12.6. The first-order valence-electron chi connectivity index (χ1n) is 5.86. The predicted octanol–water partition coefficient (Wildman–Crippen LogP) is 4.11. The van der Waals surface area contributed by atoms with Crippen molar-refractivity contribution in [2.45, 2.75) is 27.2 Å². The highest BCUT2D eigenvalue weighted by Crippen LogP contribution is 2.34. The number of aryl methyl sites for hydroxylation is 2. The summed E-state index contributed by atoms with van der Waals surface area (Å²) in [5, 5.41) is 5.14. The summed E-state index contributed by atoms with van der Waals surface area (Å²) in [7, 11) is 1.95. The molecule has 0 saturated heterocycles. The molecule has 0 amide bonds. The minimum absolute atomic E-state index is 0.719. The van der Waals surface area contributed by atoms with E-state index < -0.39 is 0 Å². The van der Waals surface area contributed by atoms with E-state index in [1.165, 1.54) is 11.1 Å². The summed E-state index contributed by atoms with van der Waals surface area (Å²) in [6, 6.07) is 3.96. The molecule has 3 heteroatoms. The molecule has 0 unspecified atom stereocenters. The summed E-state index contributed by atoms with van der Waals surface area (Å²) in [6.07, 6.45) is 0.917. The van der Waals surface area contributed by atoms with Gasteiger partial charge < -0.3 is 5.32 Å². The second-order valence-corrected chi connectivity index (χ2v) is 4.66. The van der Waals surface area contributed by atoms with Crippen LogP contribution in [0.1, 0.15) is 23.7 Å². The van der Waals surface area contributed by atoms with Gasteiger partial charge in [-0.1, -0.05) is 24.6 Å². The fraction of sp³-hybridized carbons (Fsp3) is 0.357. The summed E-state index contributed by atoms with van der Waals surface area (Å²) < 4.78 is 0. The maximum absolute atomic E-state index is 6.25. The van der Waals surface area contributed by atoms with Crippen molar-refractivity contribution in [2.75, 3.05) is 12.4 Å². The van der Waals surface area contributed by atoms with Gasteiger partial charge in [-0.25, -0.2) is 0 Å². The minimum Gasteiger partial charge on any atom is -0.387 e.